The predicted octanol–water partition coefficient (Wildman–Crippen LogP) is 3.23. The number of benzene rings is 1. The topological polar surface area (TPSA) is 52.6 Å². The van der Waals surface area contributed by atoms with E-state index >= 15 is 0 Å². The van der Waals surface area contributed by atoms with Crippen molar-refractivity contribution in [3.63, 3.8) is 0 Å². The SMILES string of the molecule is O=C(Nc1ccc(Cl)c(Cl)c1)N1CCC[C@@H](CO)C1. The lowest BCUT2D eigenvalue weighted by atomic mass is 9.99. The van der Waals surface area contributed by atoms with E-state index in [9.17, 15) is 4.79 Å². The molecule has 1 aromatic rings. The van der Waals surface area contributed by atoms with Crippen LogP contribution in [-0.4, -0.2) is 35.7 Å². The van der Waals surface area contributed by atoms with Crippen LogP contribution in [0.2, 0.25) is 10.0 Å². The zero-order valence-electron chi connectivity index (χ0n) is 10.4. The van der Waals surface area contributed by atoms with E-state index in [4.69, 9.17) is 28.3 Å². The highest BCUT2D eigenvalue weighted by Crippen LogP contribution is 2.25. The van der Waals surface area contributed by atoms with Crippen LogP contribution < -0.4 is 5.32 Å². The van der Waals surface area contributed by atoms with Gasteiger partial charge < -0.3 is 15.3 Å². The third-order valence-electron chi connectivity index (χ3n) is 3.24. The Labute approximate surface area is 122 Å². The summed E-state index contributed by atoms with van der Waals surface area (Å²) in [5.41, 5.74) is 0.616. The summed E-state index contributed by atoms with van der Waals surface area (Å²) >= 11 is 11.7. The van der Waals surface area contributed by atoms with E-state index < -0.39 is 0 Å². The largest absolute Gasteiger partial charge is 0.396 e. The van der Waals surface area contributed by atoms with E-state index in [1.54, 1.807) is 23.1 Å². The Hall–Kier alpha value is -0.970. The predicted molar refractivity (Wildman–Crippen MR) is 76.9 cm³/mol. The first-order valence-corrected chi connectivity index (χ1v) is 6.97. The Morgan fingerprint density at radius 3 is 2.89 bits per heavy atom. The van der Waals surface area contributed by atoms with Gasteiger partial charge in [0.15, 0.2) is 0 Å². The van der Waals surface area contributed by atoms with Crippen LogP contribution in [0.15, 0.2) is 18.2 Å². The molecule has 4 nitrogen and oxygen atoms in total. The van der Waals surface area contributed by atoms with Gasteiger partial charge in [0.2, 0.25) is 0 Å². The van der Waals surface area contributed by atoms with Gasteiger partial charge in [-0.05, 0) is 37.0 Å². The third-order valence-corrected chi connectivity index (χ3v) is 3.97. The van der Waals surface area contributed by atoms with Crippen molar-refractivity contribution in [1.29, 1.82) is 0 Å². The maximum atomic E-state index is 12.1. The zero-order chi connectivity index (χ0) is 13.8. The molecule has 104 valence electrons. The van der Waals surface area contributed by atoms with E-state index in [-0.39, 0.29) is 18.6 Å². The monoisotopic (exact) mass is 302 g/mol. The Balaban J connectivity index is 1.98. The number of urea groups is 1. The van der Waals surface area contributed by atoms with Crippen molar-refractivity contribution < 1.29 is 9.90 Å². The van der Waals surface area contributed by atoms with Gasteiger partial charge in [0, 0.05) is 25.4 Å². The van der Waals surface area contributed by atoms with Gasteiger partial charge in [-0.2, -0.15) is 0 Å². The number of aliphatic hydroxyl groups is 1. The van der Waals surface area contributed by atoms with Gasteiger partial charge >= 0.3 is 6.03 Å². The number of carbonyl (C=O) groups is 1. The molecule has 0 aromatic heterocycles. The van der Waals surface area contributed by atoms with Crippen molar-refractivity contribution >= 4 is 34.9 Å². The molecule has 1 atom stereocenters. The lowest BCUT2D eigenvalue weighted by Gasteiger charge is -2.31. The lowest BCUT2D eigenvalue weighted by Crippen LogP contribution is -2.43. The van der Waals surface area contributed by atoms with Gasteiger partial charge in [0.05, 0.1) is 10.0 Å². The van der Waals surface area contributed by atoms with Crippen molar-refractivity contribution in [3.05, 3.63) is 28.2 Å². The number of amides is 2. The Bertz CT molecular complexity index is 468. The summed E-state index contributed by atoms with van der Waals surface area (Å²) in [5.74, 6) is 0.174. The Morgan fingerprint density at radius 1 is 1.42 bits per heavy atom. The second kappa shape index (κ2) is 6.46. The highest BCUT2D eigenvalue weighted by molar-refractivity contribution is 6.42. The summed E-state index contributed by atoms with van der Waals surface area (Å²) < 4.78 is 0. The first kappa shape index (κ1) is 14.4. The Morgan fingerprint density at radius 2 is 2.21 bits per heavy atom. The molecule has 1 fully saturated rings. The van der Waals surface area contributed by atoms with Gasteiger partial charge in [0.25, 0.3) is 0 Å². The first-order chi connectivity index (χ1) is 9.10. The van der Waals surface area contributed by atoms with Crippen LogP contribution in [0.3, 0.4) is 0 Å². The van der Waals surface area contributed by atoms with Crippen LogP contribution >= 0.6 is 23.2 Å². The fourth-order valence-corrected chi connectivity index (χ4v) is 2.47. The van der Waals surface area contributed by atoms with Crippen LogP contribution in [0.5, 0.6) is 0 Å². The summed E-state index contributed by atoms with van der Waals surface area (Å²) in [6, 6.07) is 4.80. The van der Waals surface area contributed by atoms with Gasteiger partial charge in [-0.25, -0.2) is 4.79 Å². The molecule has 1 aromatic carbocycles. The molecule has 0 aliphatic carbocycles. The average molecular weight is 303 g/mol. The molecule has 0 unspecified atom stereocenters. The second-order valence-corrected chi connectivity index (χ2v) is 5.51. The molecule has 1 aliphatic heterocycles. The summed E-state index contributed by atoms with van der Waals surface area (Å²) in [5, 5.41) is 12.8. The van der Waals surface area contributed by atoms with Crippen LogP contribution in [0, 0.1) is 5.92 Å². The lowest BCUT2D eigenvalue weighted by molar-refractivity contribution is 0.136. The molecule has 2 amide bonds. The number of nitrogens with one attached hydrogen (secondary N) is 1. The third kappa shape index (κ3) is 3.75. The average Bonchev–Trinajstić information content (AvgIpc) is 2.43. The second-order valence-electron chi connectivity index (χ2n) is 4.70. The number of anilines is 1. The minimum Gasteiger partial charge on any atom is -0.396 e. The fraction of sp³-hybridized carbons (Fsp3) is 0.462. The number of carbonyl (C=O) groups excluding carboxylic acids is 1. The highest BCUT2D eigenvalue weighted by Gasteiger charge is 2.23. The molecule has 19 heavy (non-hydrogen) atoms. The molecule has 1 heterocycles. The van der Waals surface area contributed by atoms with Crippen LogP contribution in [-0.2, 0) is 0 Å². The van der Waals surface area contributed by atoms with Crippen molar-refractivity contribution in [1.82, 2.24) is 4.90 Å². The van der Waals surface area contributed by atoms with E-state index in [0.717, 1.165) is 12.8 Å². The molecule has 0 bridgehead atoms. The highest BCUT2D eigenvalue weighted by atomic mass is 35.5. The van der Waals surface area contributed by atoms with Crippen molar-refractivity contribution in [3.8, 4) is 0 Å². The molecule has 2 N–H and O–H groups in total. The minimum atomic E-state index is -0.170. The van der Waals surface area contributed by atoms with Crippen molar-refractivity contribution in [2.75, 3.05) is 25.0 Å². The molecular formula is C13H16Cl2N2O2. The van der Waals surface area contributed by atoms with E-state index in [0.29, 0.717) is 28.8 Å². The molecule has 1 saturated heterocycles. The normalized spacial score (nSPS) is 19.3. The summed E-state index contributed by atoms with van der Waals surface area (Å²) in [7, 11) is 0. The molecule has 6 heteroatoms. The molecular weight excluding hydrogens is 287 g/mol. The summed E-state index contributed by atoms with van der Waals surface area (Å²) in [6.07, 6.45) is 1.88. The quantitative estimate of drug-likeness (QED) is 0.881. The van der Waals surface area contributed by atoms with Gasteiger partial charge in [-0.15, -0.1) is 0 Å². The molecule has 1 aliphatic rings. The van der Waals surface area contributed by atoms with Crippen LogP contribution in [0.25, 0.3) is 0 Å². The summed E-state index contributed by atoms with van der Waals surface area (Å²) in [6.45, 7) is 1.42. The van der Waals surface area contributed by atoms with E-state index in [1.807, 2.05) is 0 Å². The number of halogens is 2. The van der Waals surface area contributed by atoms with Crippen LogP contribution in [0.1, 0.15) is 12.8 Å². The fourth-order valence-electron chi connectivity index (χ4n) is 2.17. The number of likely N-dealkylation sites (tertiary alicyclic amines) is 1. The van der Waals surface area contributed by atoms with E-state index in [2.05, 4.69) is 5.32 Å². The molecule has 0 spiro atoms. The number of rotatable bonds is 2. The van der Waals surface area contributed by atoms with Crippen molar-refractivity contribution in [2.45, 2.75) is 12.8 Å². The smallest absolute Gasteiger partial charge is 0.321 e. The maximum absolute atomic E-state index is 12.1. The van der Waals surface area contributed by atoms with Gasteiger partial charge in [0.1, 0.15) is 0 Å². The number of aliphatic hydroxyl groups excluding tert-OH is 1. The number of piperidine rings is 1. The number of nitrogens with zero attached hydrogens (tertiary/aromatic N) is 1. The molecule has 0 saturated carbocycles. The number of hydrogen-bond donors (Lipinski definition) is 2. The molecule has 2 rings (SSSR count). The van der Waals surface area contributed by atoms with Crippen molar-refractivity contribution in [2.24, 2.45) is 5.92 Å². The Kier molecular flexibility index (Phi) is 4.91. The van der Waals surface area contributed by atoms with E-state index in [1.165, 1.54) is 0 Å². The van der Waals surface area contributed by atoms with Gasteiger partial charge in [-0.1, -0.05) is 23.2 Å². The summed E-state index contributed by atoms with van der Waals surface area (Å²) in [4.78, 5) is 13.8. The minimum absolute atomic E-state index is 0.122. The zero-order valence-corrected chi connectivity index (χ0v) is 11.9. The first-order valence-electron chi connectivity index (χ1n) is 6.22. The molecule has 0 radical (unpaired) electrons. The standard InChI is InChI=1S/C13H16Cl2N2O2/c14-11-4-3-10(6-12(11)15)16-13(19)17-5-1-2-9(7-17)8-18/h3-4,6,9,18H,1-2,5,7-8H2,(H,16,19)/t9-/m1/s1. The number of hydrogen-bond acceptors (Lipinski definition) is 2. The van der Waals surface area contributed by atoms with Crippen LogP contribution in [0.4, 0.5) is 10.5 Å². The van der Waals surface area contributed by atoms with Gasteiger partial charge in [-0.3, -0.25) is 0 Å². The maximum Gasteiger partial charge on any atom is 0.321 e.